The fourth-order valence-electron chi connectivity index (χ4n) is 1.93. The Morgan fingerprint density at radius 1 is 1.13 bits per heavy atom. The summed E-state index contributed by atoms with van der Waals surface area (Å²) in [7, 11) is 1.43. The summed E-state index contributed by atoms with van der Waals surface area (Å²) >= 11 is 11.9. The number of pyridine rings is 1. The summed E-state index contributed by atoms with van der Waals surface area (Å²) in [6.45, 7) is 1.61. The van der Waals surface area contributed by atoms with E-state index in [1.807, 2.05) is 0 Å². The number of benzene rings is 1. The first-order valence-electron chi connectivity index (χ1n) is 6.52. The molecule has 1 aromatic carbocycles. The third kappa shape index (κ3) is 3.82. The molecule has 2 rings (SSSR count). The van der Waals surface area contributed by atoms with Crippen LogP contribution >= 0.6 is 23.2 Å². The first-order chi connectivity index (χ1) is 10.8. The Morgan fingerprint density at radius 3 is 2.39 bits per heavy atom. The summed E-state index contributed by atoms with van der Waals surface area (Å²) in [6, 6.07) is 5.48. The van der Waals surface area contributed by atoms with Gasteiger partial charge in [-0.15, -0.1) is 0 Å². The van der Waals surface area contributed by atoms with Gasteiger partial charge < -0.3 is 9.47 Å². The third-order valence-electron chi connectivity index (χ3n) is 2.95. The van der Waals surface area contributed by atoms with E-state index in [-0.39, 0.29) is 17.3 Å². The molecule has 0 unspecified atom stereocenters. The SMILES string of the molecule is CCOc1nc(-c2ccc(Cl)c(OC)c2)c(Cl)cc1C(F)(F)F. The highest BCUT2D eigenvalue weighted by Crippen LogP contribution is 2.41. The lowest BCUT2D eigenvalue weighted by Gasteiger charge is -2.15. The molecule has 2 aromatic rings. The van der Waals surface area contributed by atoms with Gasteiger partial charge in [0.25, 0.3) is 0 Å². The van der Waals surface area contributed by atoms with Crippen LogP contribution in [0, 0.1) is 0 Å². The van der Waals surface area contributed by atoms with Gasteiger partial charge in [0.2, 0.25) is 5.88 Å². The van der Waals surface area contributed by atoms with Gasteiger partial charge in [0.05, 0.1) is 29.5 Å². The highest BCUT2D eigenvalue weighted by molar-refractivity contribution is 6.33. The van der Waals surface area contributed by atoms with Crippen LogP contribution in [0.25, 0.3) is 11.3 Å². The molecule has 0 bridgehead atoms. The number of ether oxygens (including phenoxy) is 2. The van der Waals surface area contributed by atoms with Crippen molar-refractivity contribution in [3.05, 3.63) is 39.9 Å². The number of alkyl halides is 3. The Kier molecular flexibility index (Phi) is 5.26. The summed E-state index contributed by atoms with van der Waals surface area (Å²) in [6.07, 6.45) is -4.61. The molecule has 3 nitrogen and oxygen atoms in total. The molecule has 0 amide bonds. The Balaban J connectivity index is 2.62. The number of aromatic nitrogens is 1. The highest BCUT2D eigenvalue weighted by Gasteiger charge is 2.36. The molecule has 0 saturated heterocycles. The first kappa shape index (κ1) is 17.7. The van der Waals surface area contributed by atoms with Gasteiger partial charge in [0, 0.05) is 5.56 Å². The van der Waals surface area contributed by atoms with Gasteiger partial charge in [-0.2, -0.15) is 13.2 Å². The predicted molar refractivity (Wildman–Crippen MR) is 82.4 cm³/mol. The van der Waals surface area contributed by atoms with Gasteiger partial charge >= 0.3 is 6.18 Å². The average Bonchev–Trinajstić information content (AvgIpc) is 2.48. The normalized spacial score (nSPS) is 11.4. The zero-order valence-corrected chi connectivity index (χ0v) is 13.7. The summed E-state index contributed by atoms with van der Waals surface area (Å²) in [5.74, 6) is -0.159. The van der Waals surface area contributed by atoms with Crippen molar-refractivity contribution < 1.29 is 22.6 Å². The van der Waals surface area contributed by atoms with Crippen LogP contribution in [0.3, 0.4) is 0 Å². The minimum Gasteiger partial charge on any atom is -0.495 e. The Bertz CT molecular complexity index is 721. The van der Waals surface area contributed by atoms with E-state index in [1.165, 1.54) is 7.11 Å². The van der Waals surface area contributed by atoms with Crippen LogP contribution in [0.1, 0.15) is 12.5 Å². The molecule has 0 aliphatic carbocycles. The van der Waals surface area contributed by atoms with E-state index in [9.17, 15) is 13.2 Å². The number of halogens is 5. The summed E-state index contributed by atoms with van der Waals surface area (Å²) in [4.78, 5) is 3.93. The van der Waals surface area contributed by atoms with Gasteiger partial charge in [-0.3, -0.25) is 0 Å². The molecule has 23 heavy (non-hydrogen) atoms. The fraction of sp³-hybridized carbons (Fsp3) is 0.267. The maximum Gasteiger partial charge on any atom is 0.421 e. The van der Waals surface area contributed by atoms with Crippen molar-refractivity contribution in [2.75, 3.05) is 13.7 Å². The number of rotatable bonds is 4. The summed E-state index contributed by atoms with van der Waals surface area (Å²) in [5.41, 5.74) is -0.405. The molecular weight excluding hydrogens is 354 g/mol. The maximum absolute atomic E-state index is 13.0. The van der Waals surface area contributed by atoms with Gasteiger partial charge in [0.1, 0.15) is 11.3 Å². The Labute approximate surface area is 140 Å². The topological polar surface area (TPSA) is 31.4 Å². The van der Waals surface area contributed by atoms with Crippen molar-refractivity contribution >= 4 is 23.2 Å². The quantitative estimate of drug-likeness (QED) is 0.718. The van der Waals surface area contributed by atoms with E-state index in [0.29, 0.717) is 16.3 Å². The molecular formula is C15H12Cl2F3NO2. The van der Waals surface area contributed by atoms with Crippen LogP contribution in [-0.4, -0.2) is 18.7 Å². The second-order valence-corrected chi connectivity index (χ2v) is 5.27. The molecule has 0 aliphatic heterocycles. The number of methoxy groups -OCH3 is 1. The lowest BCUT2D eigenvalue weighted by Crippen LogP contribution is -2.11. The predicted octanol–water partition coefficient (Wildman–Crippen LogP) is 5.48. The monoisotopic (exact) mass is 365 g/mol. The van der Waals surface area contributed by atoms with E-state index >= 15 is 0 Å². The van der Waals surface area contributed by atoms with E-state index < -0.39 is 17.6 Å². The van der Waals surface area contributed by atoms with Crippen LogP contribution in [0.4, 0.5) is 13.2 Å². The highest BCUT2D eigenvalue weighted by atomic mass is 35.5. The van der Waals surface area contributed by atoms with Gasteiger partial charge in [-0.1, -0.05) is 29.3 Å². The molecule has 0 aliphatic rings. The standard InChI is InChI=1S/C15H12Cl2F3NO2/c1-3-23-14-9(15(18,19)20)7-11(17)13(21-14)8-4-5-10(16)12(6-8)22-2/h4-7H,3H2,1-2H3. The lowest BCUT2D eigenvalue weighted by atomic mass is 10.1. The second kappa shape index (κ2) is 6.84. The van der Waals surface area contributed by atoms with Crippen molar-refractivity contribution in [1.82, 2.24) is 4.98 Å². The van der Waals surface area contributed by atoms with E-state index in [2.05, 4.69) is 4.98 Å². The van der Waals surface area contributed by atoms with Crippen molar-refractivity contribution in [3.63, 3.8) is 0 Å². The van der Waals surface area contributed by atoms with E-state index in [4.69, 9.17) is 32.7 Å². The molecule has 124 valence electrons. The van der Waals surface area contributed by atoms with Crippen LogP contribution < -0.4 is 9.47 Å². The van der Waals surface area contributed by atoms with Crippen LogP contribution in [0.15, 0.2) is 24.3 Å². The first-order valence-corrected chi connectivity index (χ1v) is 7.28. The Morgan fingerprint density at radius 2 is 1.83 bits per heavy atom. The van der Waals surface area contributed by atoms with Crippen molar-refractivity contribution in [3.8, 4) is 22.9 Å². The minimum atomic E-state index is -4.61. The molecule has 0 atom stereocenters. The third-order valence-corrected chi connectivity index (χ3v) is 3.55. The number of hydrogen-bond acceptors (Lipinski definition) is 3. The van der Waals surface area contributed by atoms with E-state index in [0.717, 1.165) is 6.07 Å². The van der Waals surface area contributed by atoms with Gasteiger partial charge in [0.15, 0.2) is 0 Å². The molecule has 0 N–H and O–H groups in total. The molecule has 0 radical (unpaired) electrons. The molecule has 8 heteroatoms. The second-order valence-electron chi connectivity index (χ2n) is 4.45. The zero-order chi connectivity index (χ0) is 17.2. The molecule has 0 fully saturated rings. The minimum absolute atomic E-state index is 0.0427. The van der Waals surface area contributed by atoms with E-state index in [1.54, 1.807) is 25.1 Å². The van der Waals surface area contributed by atoms with Gasteiger partial charge in [-0.25, -0.2) is 4.98 Å². The van der Waals surface area contributed by atoms with Crippen molar-refractivity contribution in [2.45, 2.75) is 13.1 Å². The van der Waals surface area contributed by atoms with Crippen molar-refractivity contribution in [1.29, 1.82) is 0 Å². The summed E-state index contributed by atoms with van der Waals surface area (Å²) < 4.78 is 49.2. The molecule has 0 spiro atoms. The van der Waals surface area contributed by atoms with Crippen LogP contribution in [0.2, 0.25) is 10.0 Å². The lowest BCUT2D eigenvalue weighted by molar-refractivity contribution is -0.139. The Hall–Kier alpha value is -1.66. The molecule has 1 heterocycles. The average molecular weight is 366 g/mol. The summed E-state index contributed by atoms with van der Waals surface area (Å²) in [5, 5.41) is 0.217. The largest absolute Gasteiger partial charge is 0.495 e. The number of hydrogen-bond donors (Lipinski definition) is 0. The van der Waals surface area contributed by atoms with Gasteiger partial charge in [-0.05, 0) is 25.1 Å². The van der Waals surface area contributed by atoms with Crippen LogP contribution in [-0.2, 0) is 6.18 Å². The molecule has 0 saturated carbocycles. The number of nitrogens with zero attached hydrogens (tertiary/aromatic N) is 1. The zero-order valence-electron chi connectivity index (χ0n) is 12.2. The van der Waals surface area contributed by atoms with Crippen LogP contribution in [0.5, 0.6) is 11.6 Å². The smallest absolute Gasteiger partial charge is 0.421 e. The maximum atomic E-state index is 13.0. The molecule has 1 aromatic heterocycles. The van der Waals surface area contributed by atoms with Crippen molar-refractivity contribution in [2.24, 2.45) is 0 Å². The fourth-order valence-corrected chi connectivity index (χ4v) is 2.39.